The Labute approximate surface area is 89.0 Å². The number of carbonyl (C=O) groups is 2. The Hall–Kier alpha value is -1.14. The molecule has 0 rings (SSSR count). The van der Waals surface area contributed by atoms with Crippen LogP contribution in [0.15, 0.2) is 0 Å². The highest BCUT2D eigenvalue weighted by molar-refractivity contribution is 5.81. The first-order chi connectivity index (χ1) is 7.07. The minimum absolute atomic E-state index is 0.130. The molecule has 0 unspecified atom stereocenters. The van der Waals surface area contributed by atoms with Crippen LogP contribution in [0, 0.1) is 0 Å². The fourth-order valence-electron chi connectivity index (χ4n) is 1.03. The molecule has 0 saturated heterocycles. The molecule has 0 aliphatic rings. The summed E-state index contributed by atoms with van der Waals surface area (Å²) in [6, 6.07) is -0.649. The smallest absolute Gasteiger partial charge is 0.303 e. The van der Waals surface area contributed by atoms with Gasteiger partial charge in [0.2, 0.25) is 5.91 Å². The summed E-state index contributed by atoms with van der Waals surface area (Å²) in [5.74, 6) is -1.04. The van der Waals surface area contributed by atoms with Crippen LogP contribution < -0.4 is 16.8 Å². The van der Waals surface area contributed by atoms with E-state index in [-0.39, 0.29) is 18.9 Å². The minimum Gasteiger partial charge on any atom is -0.481 e. The van der Waals surface area contributed by atoms with Crippen LogP contribution in [-0.4, -0.2) is 36.1 Å². The van der Waals surface area contributed by atoms with E-state index >= 15 is 0 Å². The Morgan fingerprint density at radius 2 is 1.93 bits per heavy atom. The van der Waals surface area contributed by atoms with Crippen molar-refractivity contribution in [2.45, 2.75) is 31.7 Å². The van der Waals surface area contributed by atoms with E-state index < -0.39 is 12.0 Å². The fourth-order valence-corrected chi connectivity index (χ4v) is 1.03. The molecule has 1 amide bonds. The van der Waals surface area contributed by atoms with Crippen LogP contribution in [0.3, 0.4) is 0 Å². The fraction of sp³-hybridized carbons (Fsp3) is 0.778. The topological polar surface area (TPSA) is 118 Å². The number of rotatable bonds is 8. The summed E-state index contributed by atoms with van der Waals surface area (Å²) in [5.41, 5.74) is 10.6. The molecule has 0 saturated carbocycles. The molecule has 0 aliphatic heterocycles. The molecule has 0 aliphatic carbocycles. The molecule has 88 valence electrons. The van der Waals surface area contributed by atoms with E-state index in [2.05, 4.69) is 5.32 Å². The van der Waals surface area contributed by atoms with Gasteiger partial charge in [0.15, 0.2) is 0 Å². The Kier molecular flexibility index (Phi) is 7.57. The first-order valence-electron chi connectivity index (χ1n) is 5.03. The minimum atomic E-state index is -0.788. The van der Waals surface area contributed by atoms with Gasteiger partial charge < -0.3 is 21.9 Å². The number of aliphatic carboxylic acids is 1. The lowest BCUT2D eigenvalue weighted by Gasteiger charge is -2.09. The summed E-state index contributed by atoms with van der Waals surface area (Å²) in [7, 11) is 0. The van der Waals surface area contributed by atoms with Crippen LogP contribution in [-0.2, 0) is 9.59 Å². The van der Waals surface area contributed by atoms with E-state index in [1.807, 2.05) is 0 Å². The van der Waals surface area contributed by atoms with Crippen LogP contribution in [0.4, 0.5) is 0 Å². The summed E-state index contributed by atoms with van der Waals surface area (Å²) in [4.78, 5) is 21.3. The highest BCUT2D eigenvalue weighted by atomic mass is 16.4. The van der Waals surface area contributed by atoms with E-state index in [4.69, 9.17) is 16.6 Å². The summed E-state index contributed by atoms with van der Waals surface area (Å²) < 4.78 is 0. The molecular formula is C9H19N3O3. The molecule has 0 fully saturated rings. The van der Waals surface area contributed by atoms with Crippen molar-refractivity contribution >= 4 is 11.9 Å². The zero-order valence-corrected chi connectivity index (χ0v) is 8.74. The van der Waals surface area contributed by atoms with Gasteiger partial charge in [-0.05, 0) is 12.8 Å². The second kappa shape index (κ2) is 8.19. The van der Waals surface area contributed by atoms with E-state index in [0.717, 1.165) is 12.8 Å². The highest BCUT2D eigenvalue weighted by Crippen LogP contribution is 1.98. The number of carboxylic acid groups (broad SMARTS) is 1. The first-order valence-corrected chi connectivity index (χ1v) is 5.03. The van der Waals surface area contributed by atoms with E-state index in [1.54, 1.807) is 0 Å². The van der Waals surface area contributed by atoms with Gasteiger partial charge >= 0.3 is 5.97 Å². The van der Waals surface area contributed by atoms with Crippen LogP contribution in [0.25, 0.3) is 0 Å². The van der Waals surface area contributed by atoms with Crippen molar-refractivity contribution in [3.8, 4) is 0 Å². The molecule has 1 atom stereocenters. The Balaban J connectivity index is 3.31. The molecule has 6 N–H and O–H groups in total. The summed E-state index contributed by atoms with van der Waals surface area (Å²) in [5, 5.41) is 11.0. The van der Waals surface area contributed by atoms with Crippen LogP contribution in [0.2, 0.25) is 0 Å². The molecule has 6 nitrogen and oxygen atoms in total. The molecule has 0 bridgehead atoms. The molecule has 15 heavy (non-hydrogen) atoms. The van der Waals surface area contributed by atoms with Crippen molar-refractivity contribution < 1.29 is 14.7 Å². The third-order valence-corrected chi connectivity index (χ3v) is 1.96. The van der Waals surface area contributed by atoms with Gasteiger partial charge in [-0.3, -0.25) is 9.59 Å². The maximum absolute atomic E-state index is 11.1. The van der Waals surface area contributed by atoms with Crippen molar-refractivity contribution in [1.82, 2.24) is 5.32 Å². The molecule has 0 radical (unpaired) electrons. The number of hydrogen-bond acceptors (Lipinski definition) is 4. The van der Waals surface area contributed by atoms with Gasteiger partial charge in [-0.2, -0.15) is 0 Å². The lowest BCUT2D eigenvalue weighted by Crippen LogP contribution is -2.45. The quantitative estimate of drug-likeness (QED) is 0.390. The predicted octanol–water partition coefficient (Wildman–Crippen LogP) is -0.966. The summed E-state index contributed by atoms with van der Waals surface area (Å²) in [6.45, 7) is 0.650. The second-order valence-corrected chi connectivity index (χ2v) is 3.34. The van der Waals surface area contributed by atoms with Gasteiger partial charge in [-0.15, -0.1) is 0 Å². The number of unbranched alkanes of at least 4 members (excludes halogenated alkanes) is 2. The van der Waals surface area contributed by atoms with Gasteiger partial charge in [-0.1, -0.05) is 6.42 Å². The SMILES string of the molecule is NC[C@H](N)C(=O)NCCCCCC(=O)O. The standard InChI is InChI=1S/C9H19N3O3/c10-6-7(11)9(15)12-5-3-1-2-4-8(13)14/h7H,1-6,10-11H2,(H,12,15)(H,13,14)/t7-/m0/s1. The number of amides is 1. The van der Waals surface area contributed by atoms with E-state index in [1.165, 1.54) is 0 Å². The Morgan fingerprint density at radius 3 is 2.47 bits per heavy atom. The van der Waals surface area contributed by atoms with Crippen molar-refractivity contribution in [3.05, 3.63) is 0 Å². The number of carbonyl (C=O) groups excluding carboxylic acids is 1. The van der Waals surface area contributed by atoms with Crippen molar-refractivity contribution in [3.63, 3.8) is 0 Å². The number of nitrogens with one attached hydrogen (secondary N) is 1. The Morgan fingerprint density at radius 1 is 1.27 bits per heavy atom. The third-order valence-electron chi connectivity index (χ3n) is 1.96. The molecule has 0 aromatic heterocycles. The number of hydrogen-bond donors (Lipinski definition) is 4. The maximum atomic E-state index is 11.1. The van der Waals surface area contributed by atoms with Gasteiger partial charge in [0, 0.05) is 19.5 Å². The largest absolute Gasteiger partial charge is 0.481 e. The monoisotopic (exact) mass is 217 g/mol. The van der Waals surface area contributed by atoms with Gasteiger partial charge in [0.05, 0.1) is 6.04 Å². The average Bonchev–Trinajstić information content (AvgIpc) is 2.21. The van der Waals surface area contributed by atoms with Crippen molar-refractivity contribution in [2.24, 2.45) is 11.5 Å². The Bertz CT molecular complexity index is 209. The third kappa shape index (κ3) is 7.90. The maximum Gasteiger partial charge on any atom is 0.303 e. The molecule has 0 aromatic rings. The van der Waals surface area contributed by atoms with Crippen molar-refractivity contribution in [1.29, 1.82) is 0 Å². The molecule has 0 spiro atoms. The van der Waals surface area contributed by atoms with Crippen molar-refractivity contribution in [2.75, 3.05) is 13.1 Å². The second-order valence-electron chi connectivity index (χ2n) is 3.34. The molecular weight excluding hydrogens is 198 g/mol. The zero-order valence-electron chi connectivity index (χ0n) is 8.74. The first kappa shape index (κ1) is 13.9. The number of nitrogens with two attached hydrogens (primary N) is 2. The zero-order chi connectivity index (χ0) is 11.7. The molecule has 6 heteroatoms. The summed E-state index contributed by atoms with van der Waals surface area (Å²) in [6.07, 6.45) is 2.35. The van der Waals surface area contributed by atoms with E-state index in [0.29, 0.717) is 13.0 Å². The van der Waals surface area contributed by atoms with Gasteiger partial charge in [0.25, 0.3) is 0 Å². The van der Waals surface area contributed by atoms with Crippen LogP contribution in [0.1, 0.15) is 25.7 Å². The normalized spacial score (nSPS) is 12.1. The lowest BCUT2D eigenvalue weighted by molar-refractivity contribution is -0.137. The number of carboxylic acids is 1. The molecule has 0 heterocycles. The van der Waals surface area contributed by atoms with Crippen LogP contribution >= 0.6 is 0 Å². The molecule has 0 aromatic carbocycles. The van der Waals surface area contributed by atoms with Gasteiger partial charge in [0.1, 0.15) is 0 Å². The predicted molar refractivity (Wildman–Crippen MR) is 56.1 cm³/mol. The highest BCUT2D eigenvalue weighted by Gasteiger charge is 2.09. The average molecular weight is 217 g/mol. The van der Waals surface area contributed by atoms with Gasteiger partial charge in [-0.25, -0.2) is 0 Å². The lowest BCUT2D eigenvalue weighted by atomic mass is 10.2. The van der Waals surface area contributed by atoms with E-state index in [9.17, 15) is 9.59 Å². The summed E-state index contributed by atoms with van der Waals surface area (Å²) >= 11 is 0. The van der Waals surface area contributed by atoms with Crippen LogP contribution in [0.5, 0.6) is 0 Å².